The number of benzene rings is 1. The number of methoxy groups -OCH3 is 1. The Bertz CT molecular complexity index is 926. The number of aromatic amines is 1. The number of nitrogen functional groups attached to an aromatic ring is 1. The Morgan fingerprint density at radius 1 is 1.42 bits per heavy atom. The summed E-state index contributed by atoms with van der Waals surface area (Å²) in [4.78, 5) is 18.1. The Morgan fingerprint density at radius 2 is 2.25 bits per heavy atom. The van der Waals surface area contributed by atoms with Crippen LogP contribution in [0.1, 0.15) is 12.5 Å². The van der Waals surface area contributed by atoms with Gasteiger partial charge in [0.25, 0.3) is 0 Å². The van der Waals surface area contributed by atoms with Gasteiger partial charge in [0.2, 0.25) is 5.95 Å². The molecular weight excluding hydrogens is 372 g/mol. The average Bonchev–Trinajstić information content (AvgIpc) is 3.10. The summed E-state index contributed by atoms with van der Waals surface area (Å²) in [5.41, 5.74) is 9.39. The van der Waals surface area contributed by atoms with E-state index in [2.05, 4.69) is 65.9 Å². The van der Waals surface area contributed by atoms with Crippen LogP contribution in [0.25, 0.3) is 11.2 Å². The first-order chi connectivity index (χ1) is 11.5. The lowest BCUT2D eigenvalue weighted by molar-refractivity contribution is 0.145. The molecule has 1 atom stereocenters. The van der Waals surface area contributed by atoms with E-state index in [-0.39, 0.29) is 11.4 Å². The Labute approximate surface area is 147 Å². The molecular formula is C16H17BrN6O. The molecule has 0 radical (unpaired) electrons. The third-order valence-corrected chi connectivity index (χ3v) is 4.90. The molecule has 0 bridgehead atoms. The van der Waals surface area contributed by atoms with Crippen molar-refractivity contribution in [3.05, 3.63) is 34.6 Å². The van der Waals surface area contributed by atoms with Gasteiger partial charge in [0, 0.05) is 29.2 Å². The van der Waals surface area contributed by atoms with Crippen molar-refractivity contribution in [3.63, 3.8) is 0 Å². The minimum atomic E-state index is -0.142. The molecule has 8 heteroatoms. The van der Waals surface area contributed by atoms with Crippen molar-refractivity contribution < 1.29 is 4.74 Å². The third-order valence-electron chi connectivity index (χ3n) is 4.41. The first-order valence-corrected chi connectivity index (χ1v) is 8.34. The maximum Gasteiger partial charge on any atom is 0.224 e. The van der Waals surface area contributed by atoms with Crippen LogP contribution in [0.4, 0.5) is 17.5 Å². The normalized spacial score (nSPS) is 19.9. The summed E-state index contributed by atoms with van der Waals surface area (Å²) in [6.07, 6.45) is 1.61. The van der Waals surface area contributed by atoms with E-state index in [1.54, 1.807) is 13.4 Å². The predicted octanol–water partition coefficient (Wildman–Crippen LogP) is 2.75. The summed E-state index contributed by atoms with van der Waals surface area (Å²) in [7, 11) is 1.72. The Morgan fingerprint density at radius 3 is 3.04 bits per heavy atom. The van der Waals surface area contributed by atoms with Crippen LogP contribution in [0.5, 0.6) is 0 Å². The number of imidazole rings is 1. The monoisotopic (exact) mass is 388 g/mol. The number of hydrogen-bond donors (Lipinski definition) is 2. The van der Waals surface area contributed by atoms with E-state index in [4.69, 9.17) is 10.5 Å². The standard InChI is InChI=1S/C16H17BrN6O/c1-16(7-24-2)6-23(11-5-9(17)3-4-10(11)16)14-12-13(20-8-19-12)21-15(18)22-14/h3-5,8H,6-7H2,1-2H3,(H3,18,19,20,21,22). The third kappa shape index (κ3) is 2.25. The van der Waals surface area contributed by atoms with Crippen LogP contribution in [-0.4, -0.2) is 40.2 Å². The van der Waals surface area contributed by atoms with E-state index in [1.807, 2.05) is 0 Å². The molecule has 1 aliphatic heterocycles. The lowest BCUT2D eigenvalue weighted by Crippen LogP contribution is -2.33. The number of halogens is 1. The molecule has 0 saturated carbocycles. The van der Waals surface area contributed by atoms with Gasteiger partial charge in [0.05, 0.1) is 12.9 Å². The summed E-state index contributed by atoms with van der Waals surface area (Å²) < 4.78 is 6.49. The first kappa shape index (κ1) is 15.3. The number of nitrogens with one attached hydrogen (secondary N) is 1. The van der Waals surface area contributed by atoms with Gasteiger partial charge in [-0.05, 0) is 17.7 Å². The molecule has 1 aliphatic rings. The Balaban J connectivity index is 1.93. The first-order valence-electron chi connectivity index (χ1n) is 7.55. The van der Waals surface area contributed by atoms with E-state index in [9.17, 15) is 0 Å². The zero-order valence-electron chi connectivity index (χ0n) is 13.4. The maximum atomic E-state index is 5.89. The van der Waals surface area contributed by atoms with Gasteiger partial charge >= 0.3 is 0 Å². The summed E-state index contributed by atoms with van der Waals surface area (Å²) in [5.74, 6) is 0.940. The highest BCUT2D eigenvalue weighted by atomic mass is 79.9. The second-order valence-corrected chi connectivity index (χ2v) is 7.16. The molecule has 124 valence electrons. The van der Waals surface area contributed by atoms with Gasteiger partial charge in [0.1, 0.15) is 5.52 Å². The average molecular weight is 389 g/mol. The number of H-pyrrole nitrogens is 1. The number of nitrogens with two attached hydrogens (primary N) is 1. The van der Waals surface area contributed by atoms with Crippen molar-refractivity contribution in [3.8, 4) is 0 Å². The van der Waals surface area contributed by atoms with Crippen LogP contribution in [0.3, 0.4) is 0 Å². The number of rotatable bonds is 3. The van der Waals surface area contributed by atoms with Gasteiger partial charge in [-0.15, -0.1) is 0 Å². The second-order valence-electron chi connectivity index (χ2n) is 6.25. The fourth-order valence-electron chi connectivity index (χ4n) is 3.42. The molecule has 0 fully saturated rings. The molecule has 3 heterocycles. The molecule has 2 aromatic heterocycles. The zero-order valence-corrected chi connectivity index (χ0v) is 15.0. The van der Waals surface area contributed by atoms with Gasteiger partial charge in [-0.25, -0.2) is 4.98 Å². The van der Waals surface area contributed by atoms with Gasteiger partial charge in [0.15, 0.2) is 11.5 Å². The summed E-state index contributed by atoms with van der Waals surface area (Å²) in [5, 5.41) is 0. The number of fused-ring (bicyclic) bond motifs is 2. The molecule has 24 heavy (non-hydrogen) atoms. The van der Waals surface area contributed by atoms with Crippen molar-refractivity contribution in [1.29, 1.82) is 0 Å². The van der Waals surface area contributed by atoms with Gasteiger partial charge in [-0.1, -0.05) is 28.9 Å². The summed E-state index contributed by atoms with van der Waals surface area (Å²) in [6, 6.07) is 6.28. The topological polar surface area (TPSA) is 92.9 Å². The molecule has 4 rings (SSSR count). The fraction of sp³-hybridized carbons (Fsp3) is 0.312. The van der Waals surface area contributed by atoms with Crippen LogP contribution in [0.15, 0.2) is 29.0 Å². The molecule has 0 aliphatic carbocycles. The Hall–Kier alpha value is -2.19. The second kappa shape index (κ2) is 5.42. The number of hydrogen-bond acceptors (Lipinski definition) is 6. The number of anilines is 3. The lowest BCUT2D eigenvalue weighted by Gasteiger charge is -2.25. The van der Waals surface area contributed by atoms with Crippen LogP contribution < -0.4 is 10.6 Å². The number of nitrogens with zero attached hydrogens (tertiary/aromatic N) is 4. The highest BCUT2D eigenvalue weighted by Gasteiger charge is 2.41. The van der Waals surface area contributed by atoms with Crippen LogP contribution in [0, 0.1) is 0 Å². The molecule has 1 aromatic carbocycles. The molecule has 3 N–H and O–H groups in total. The number of ether oxygens (including phenoxy) is 1. The van der Waals surface area contributed by atoms with Crippen molar-refractivity contribution in [2.45, 2.75) is 12.3 Å². The quantitative estimate of drug-likeness (QED) is 0.716. The molecule has 0 amide bonds. The van der Waals surface area contributed by atoms with Crippen LogP contribution in [-0.2, 0) is 10.2 Å². The van der Waals surface area contributed by atoms with E-state index in [0.717, 1.165) is 28.0 Å². The summed E-state index contributed by atoms with van der Waals surface area (Å²) >= 11 is 3.56. The highest BCUT2D eigenvalue weighted by molar-refractivity contribution is 9.10. The minimum absolute atomic E-state index is 0.142. The highest BCUT2D eigenvalue weighted by Crippen LogP contribution is 2.46. The summed E-state index contributed by atoms with van der Waals surface area (Å²) in [6.45, 7) is 3.54. The predicted molar refractivity (Wildman–Crippen MR) is 96.5 cm³/mol. The molecule has 3 aromatic rings. The van der Waals surface area contributed by atoms with Gasteiger partial charge < -0.3 is 20.4 Å². The van der Waals surface area contributed by atoms with Gasteiger partial charge in [-0.2, -0.15) is 9.97 Å². The van der Waals surface area contributed by atoms with E-state index >= 15 is 0 Å². The van der Waals surface area contributed by atoms with E-state index in [0.29, 0.717) is 12.3 Å². The lowest BCUT2D eigenvalue weighted by atomic mass is 9.85. The van der Waals surface area contributed by atoms with Crippen LogP contribution >= 0.6 is 15.9 Å². The van der Waals surface area contributed by atoms with Crippen molar-refractivity contribution in [2.24, 2.45) is 0 Å². The van der Waals surface area contributed by atoms with Gasteiger partial charge in [-0.3, -0.25) is 0 Å². The largest absolute Gasteiger partial charge is 0.384 e. The van der Waals surface area contributed by atoms with Crippen molar-refractivity contribution in [2.75, 3.05) is 30.9 Å². The number of aromatic nitrogens is 4. The zero-order chi connectivity index (χ0) is 16.9. The minimum Gasteiger partial charge on any atom is -0.384 e. The van der Waals surface area contributed by atoms with Crippen molar-refractivity contribution in [1.82, 2.24) is 19.9 Å². The van der Waals surface area contributed by atoms with E-state index < -0.39 is 0 Å². The fourth-order valence-corrected chi connectivity index (χ4v) is 3.77. The molecule has 7 nitrogen and oxygen atoms in total. The molecule has 1 unspecified atom stereocenters. The smallest absolute Gasteiger partial charge is 0.224 e. The molecule has 0 spiro atoms. The SMILES string of the molecule is COCC1(C)CN(c2nc(N)nc3nc[nH]c23)c2cc(Br)ccc21. The van der Waals surface area contributed by atoms with E-state index in [1.165, 1.54) is 5.56 Å². The maximum absolute atomic E-state index is 5.89. The Kier molecular flexibility index (Phi) is 3.47. The van der Waals surface area contributed by atoms with Crippen LogP contribution in [0.2, 0.25) is 0 Å². The molecule has 0 saturated heterocycles. The van der Waals surface area contributed by atoms with Crippen molar-refractivity contribution >= 4 is 44.5 Å².